The minimum atomic E-state index is -2.73. The average Bonchev–Trinajstić information content (AvgIpc) is 3.07. The van der Waals surface area contributed by atoms with Gasteiger partial charge in [-0.2, -0.15) is 5.10 Å². The Morgan fingerprint density at radius 2 is 2.11 bits per heavy atom. The van der Waals surface area contributed by atoms with Crippen LogP contribution in [0.1, 0.15) is 28.2 Å². The van der Waals surface area contributed by atoms with Crippen LogP contribution in [-0.4, -0.2) is 25.5 Å². The van der Waals surface area contributed by atoms with E-state index in [0.717, 1.165) is 14.4 Å². The number of carbonyl (C=O) groups excluding carboxylic acids is 1. The zero-order valence-electron chi connectivity index (χ0n) is 13.9. The number of aromatic nitrogens is 4. The molecular formula is C18H12BrF2N5O. The van der Waals surface area contributed by atoms with Gasteiger partial charge < -0.3 is 5.32 Å². The fourth-order valence-electron chi connectivity index (χ4n) is 2.86. The van der Waals surface area contributed by atoms with Crippen molar-refractivity contribution in [3.8, 4) is 0 Å². The topological polar surface area (TPSA) is 72.2 Å². The Bertz CT molecular complexity index is 1190. The van der Waals surface area contributed by atoms with E-state index in [0.29, 0.717) is 16.9 Å². The van der Waals surface area contributed by atoms with E-state index in [1.165, 1.54) is 12.3 Å². The highest BCUT2D eigenvalue weighted by atomic mass is 79.9. The smallest absolute Gasteiger partial charge is 0.280 e. The molecule has 0 unspecified atom stereocenters. The molecule has 1 aromatic carbocycles. The van der Waals surface area contributed by atoms with Crippen molar-refractivity contribution in [1.29, 1.82) is 0 Å². The second kappa shape index (κ2) is 6.66. The van der Waals surface area contributed by atoms with Crippen LogP contribution in [0.15, 0.2) is 47.2 Å². The zero-order chi connectivity index (χ0) is 19.1. The highest BCUT2D eigenvalue weighted by Gasteiger charge is 2.21. The van der Waals surface area contributed by atoms with Gasteiger partial charge in [0.2, 0.25) is 0 Å². The molecule has 0 aliphatic rings. The Morgan fingerprint density at radius 3 is 2.89 bits per heavy atom. The highest BCUT2D eigenvalue weighted by molar-refractivity contribution is 9.10. The minimum absolute atomic E-state index is 0.0807. The lowest BCUT2D eigenvalue weighted by atomic mass is 10.2. The molecule has 3 aromatic heterocycles. The Labute approximate surface area is 160 Å². The van der Waals surface area contributed by atoms with Crippen LogP contribution in [0, 0.1) is 6.92 Å². The van der Waals surface area contributed by atoms with Crippen LogP contribution in [0.4, 0.5) is 14.5 Å². The molecule has 9 heteroatoms. The number of fused-ring (bicyclic) bond motifs is 2. The number of nitrogens with zero attached hydrogens (tertiary/aromatic N) is 4. The van der Waals surface area contributed by atoms with Crippen molar-refractivity contribution in [2.75, 3.05) is 5.32 Å². The van der Waals surface area contributed by atoms with Gasteiger partial charge in [-0.05, 0) is 31.2 Å². The number of pyridine rings is 1. The largest absolute Gasteiger partial charge is 0.320 e. The third-order valence-electron chi connectivity index (χ3n) is 4.06. The number of carbonyl (C=O) groups is 1. The first-order chi connectivity index (χ1) is 13.0. The van der Waals surface area contributed by atoms with Crippen molar-refractivity contribution >= 4 is 44.1 Å². The summed E-state index contributed by atoms with van der Waals surface area (Å²) >= 11 is 3.45. The number of benzene rings is 1. The summed E-state index contributed by atoms with van der Waals surface area (Å²) in [6, 6.07) is 8.43. The fourth-order valence-corrected chi connectivity index (χ4v) is 3.31. The van der Waals surface area contributed by atoms with E-state index in [9.17, 15) is 13.6 Å². The first kappa shape index (κ1) is 17.5. The van der Waals surface area contributed by atoms with E-state index in [1.54, 1.807) is 31.3 Å². The Balaban J connectivity index is 1.78. The van der Waals surface area contributed by atoms with E-state index >= 15 is 0 Å². The number of halogens is 3. The molecule has 1 N–H and O–H groups in total. The Hall–Kier alpha value is -2.94. The van der Waals surface area contributed by atoms with Crippen LogP contribution in [0.3, 0.4) is 0 Å². The quantitative estimate of drug-likeness (QED) is 0.516. The van der Waals surface area contributed by atoms with E-state index in [-0.39, 0.29) is 16.9 Å². The second-order valence-corrected chi connectivity index (χ2v) is 6.72. The summed E-state index contributed by atoms with van der Waals surface area (Å²) in [5.41, 5.74) is 1.36. The predicted molar refractivity (Wildman–Crippen MR) is 100 cm³/mol. The molecule has 27 heavy (non-hydrogen) atoms. The molecule has 136 valence electrons. The molecule has 4 rings (SSSR count). The van der Waals surface area contributed by atoms with E-state index in [1.807, 2.05) is 6.07 Å². The van der Waals surface area contributed by atoms with Crippen LogP contribution in [0.2, 0.25) is 0 Å². The van der Waals surface area contributed by atoms with Gasteiger partial charge in [0.25, 0.3) is 12.3 Å². The maximum Gasteiger partial charge on any atom is 0.280 e. The first-order valence-electron chi connectivity index (χ1n) is 7.93. The maximum atomic E-state index is 13.2. The molecule has 0 saturated carbocycles. The Kier molecular flexibility index (Phi) is 4.31. The van der Waals surface area contributed by atoms with Crippen LogP contribution in [-0.2, 0) is 0 Å². The van der Waals surface area contributed by atoms with Crippen LogP contribution in [0.5, 0.6) is 0 Å². The van der Waals surface area contributed by atoms with Crippen LogP contribution >= 0.6 is 15.9 Å². The number of hydrogen-bond acceptors (Lipinski definition) is 4. The summed E-state index contributed by atoms with van der Waals surface area (Å²) in [5.74, 6) is -0.502. The number of rotatable bonds is 3. The van der Waals surface area contributed by atoms with E-state index in [2.05, 4.69) is 36.3 Å². The first-order valence-corrected chi connectivity index (χ1v) is 8.73. The van der Waals surface area contributed by atoms with E-state index in [4.69, 9.17) is 0 Å². The molecule has 0 atom stereocenters. The molecule has 1 amide bonds. The predicted octanol–water partition coefficient (Wildman–Crippen LogP) is 4.54. The van der Waals surface area contributed by atoms with Gasteiger partial charge >= 0.3 is 0 Å². The van der Waals surface area contributed by atoms with Gasteiger partial charge in [-0.1, -0.05) is 22.0 Å². The molecular weight excluding hydrogens is 420 g/mol. The lowest BCUT2D eigenvalue weighted by Gasteiger charge is -2.09. The number of anilines is 1. The maximum absolute atomic E-state index is 13.2. The van der Waals surface area contributed by atoms with Gasteiger partial charge in [0.15, 0.2) is 5.65 Å². The van der Waals surface area contributed by atoms with Crippen LogP contribution < -0.4 is 5.32 Å². The van der Waals surface area contributed by atoms with Gasteiger partial charge in [-0.3, -0.25) is 9.78 Å². The molecule has 6 nitrogen and oxygen atoms in total. The average molecular weight is 432 g/mol. The summed E-state index contributed by atoms with van der Waals surface area (Å²) in [6.07, 6.45) is 0.126. The van der Waals surface area contributed by atoms with Gasteiger partial charge in [0.05, 0.1) is 17.4 Å². The Morgan fingerprint density at radius 1 is 1.30 bits per heavy atom. The lowest BCUT2D eigenvalue weighted by Crippen LogP contribution is -2.13. The molecule has 0 aliphatic carbocycles. The number of nitrogens with one attached hydrogen (secondary N) is 1. The number of aryl methyl sites for hydroxylation is 1. The van der Waals surface area contributed by atoms with Crippen LogP contribution in [0.25, 0.3) is 16.6 Å². The number of hydrogen-bond donors (Lipinski definition) is 1. The van der Waals surface area contributed by atoms with Gasteiger partial charge in [0.1, 0.15) is 11.3 Å². The van der Waals surface area contributed by atoms with Gasteiger partial charge in [-0.15, -0.1) is 0 Å². The normalized spacial score (nSPS) is 11.4. The van der Waals surface area contributed by atoms with Crippen molar-refractivity contribution in [3.05, 3.63) is 64.1 Å². The molecule has 0 saturated heterocycles. The lowest BCUT2D eigenvalue weighted by molar-refractivity contribution is 0.102. The van der Waals surface area contributed by atoms with Crippen molar-refractivity contribution < 1.29 is 13.6 Å². The SMILES string of the molecule is Cc1cc(C(F)F)n2ncc(C(=O)Nc3ccc(Br)c4cccnc34)c2n1. The van der Waals surface area contributed by atoms with Gasteiger partial charge in [-0.25, -0.2) is 18.3 Å². The fraction of sp³-hybridized carbons (Fsp3) is 0.111. The third-order valence-corrected chi connectivity index (χ3v) is 4.75. The van der Waals surface area contributed by atoms with Crippen molar-refractivity contribution in [2.24, 2.45) is 0 Å². The molecule has 3 heterocycles. The molecule has 0 fully saturated rings. The molecule has 0 bridgehead atoms. The highest BCUT2D eigenvalue weighted by Crippen LogP contribution is 2.29. The minimum Gasteiger partial charge on any atom is -0.320 e. The summed E-state index contributed by atoms with van der Waals surface area (Å²) in [5, 5.41) is 7.52. The standard InChI is InChI=1S/C18H12BrF2N5O/c1-9-7-14(16(20)21)26-17(24-9)11(8-23-26)18(27)25-13-5-4-12(19)10-3-2-6-22-15(10)13/h2-8,16H,1H3,(H,25,27). The molecule has 4 aromatic rings. The second-order valence-electron chi connectivity index (χ2n) is 5.87. The molecule has 0 radical (unpaired) electrons. The molecule has 0 spiro atoms. The summed E-state index contributed by atoms with van der Waals surface area (Å²) in [4.78, 5) is 21.3. The summed E-state index contributed by atoms with van der Waals surface area (Å²) < 4.78 is 28.3. The van der Waals surface area contributed by atoms with E-state index < -0.39 is 12.3 Å². The van der Waals surface area contributed by atoms with Crippen molar-refractivity contribution in [1.82, 2.24) is 19.6 Å². The molecule has 0 aliphatic heterocycles. The van der Waals surface area contributed by atoms with Gasteiger partial charge in [0, 0.05) is 21.7 Å². The third kappa shape index (κ3) is 3.03. The summed E-state index contributed by atoms with van der Waals surface area (Å²) in [6.45, 7) is 1.59. The number of alkyl halides is 2. The van der Waals surface area contributed by atoms with Crippen molar-refractivity contribution in [3.63, 3.8) is 0 Å². The summed E-state index contributed by atoms with van der Waals surface area (Å²) in [7, 11) is 0. The zero-order valence-corrected chi connectivity index (χ0v) is 15.5. The number of amides is 1. The monoisotopic (exact) mass is 431 g/mol. The van der Waals surface area contributed by atoms with Crippen molar-refractivity contribution in [2.45, 2.75) is 13.3 Å².